The van der Waals surface area contributed by atoms with Gasteiger partial charge in [-0.1, -0.05) is 28.9 Å². The molecule has 0 radical (unpaired) electrons. The van der Waals surface area contributed by atoms with Crippen LogP contribution < -0.4 is 4.90 Å². The maximum Gasteiger partial charge on any atom is 0.0692 e. The van der Waals surface area contributed by atoms with E-state index in [4.69, 9.17) is 5.11 Å². The normalized spacial score (nSPS) is 25.1. The molecule has 1 N–H and O–H groups in total. The van der Waals surface area contributed by atoms with Crippen LogP contribution in [-0.4, -0.2) is 17.7 Å². The summed E-state index contributed by atoms with van der Waals surface area (Å²) in [6, 6.07) is 6.84. The first-order chi connectivity index (χ1) is 8.11. The van der Waals surface area contributed by atoms with Gasteiger partial charge in [-0.05, 0) is 43.4 Å². The Kier molecular flexibility index (Phi) is 4.10. The summed E-state index contributed by atoms with van der Waals surface area (Å²) >= 11 is 3.52. The van der Waals surface area contributed by atoms with Gasteiger partial charge in [0.05, 0.1) is 6.61 Å². The van der Waals surface area contributed by atoms with E-state index < -0.39 is 0 Å². The first-order valence-corrected chi connectivity index (χ1v) is 7.07. The number of hydrogen-bond acceptors (Lipinski definition) is 2. The third-order valence-corrected chi connectivity index (χ3v) is 4.42. The largest absolute Gasteiger partial charge is 0.392 e. The second-order valence-electron chi connectivity index (χ2n) is 5.11. The van der Waals surface area contributed by atoms with Gasteiger partial charge in [0.2, 0.25) is 0 Å². The van der Waals surface area contributed by atoms with Gasteiger partial charge in [0.15, 0.2) is 0 Å². The van der Waals surface area contributed by atoms with Gasteiger partial charge in [0, 0.05) is 22.7 Å². The summed E-state index contributed by atoms with van der Waals surface area (Å²) in [5.74, 6) is 0.835. The number of anilines is 1. The van der Waals surface area contributed by atoms with Gasteiger partial charge >= 0.3 is 0 Å². The monoisotopic (exact) mass is 297 g/mol. The van der Waals surface area contributed by atoms with E-state index in [1.165, 1.54) is 18.5 Å². The second-order valence-corrected chi connectivity index (χ2v) is 5.96. The first kappa shape index (κ1) is 12.9. The summed E-state index contributed by atoms with van der Waals surface area (Å²) in [6.45, 7) is 5.85. The van der Waals surface area contributed by atoms with Gasteiger partial charge < -0.3 is 10.0 Å². The highest BCUT2D eigenvalue weighted by molar-refractivity contribution is 9.10. The number of nitrogens with zero attached hydrogens (tertiary/aromatic N) is 1. The van der Waals surface area contributed by atoms with Crippen molar-refractivity contribution in [3.63, 3.8) is 0 Å². The summed E-state index contributed by atoms with van der Waals surface area (Å²) in [7, 11) is 0. The van der Waals surface area contributed by atoms with Crippen molar-refractivity contribution in [1.82, 2.24) is 0 Å². The fourth-order valence-electron chi connectivity index (χ4n) is 2.63. The number of rotatable bonds is 2. The molecule has 0 aliphatic carbocycles. The van der Waals surface area contributed by atoms with Crippen molar-refractivity contribution in [2.45, 2.75) is 39.3 Å². The van der Waals surface area contributed by atoms with Crippen LogP contribution in [0.1, 0.15) is 32.3 Å². The standard InChI is InChI=1S/C14H20BrNO/c1-10-5-6-16(11(2)7-10)13-4-3-12(9-17)14(15)8-13/h3-4,8,10-11,17H,5-7,9H2,1-2H3. The number of hydrogen-bond donors (Lipinski definition) is 1. The smallest absolute Gasteiger partial charge is 0.0692 e. The summed E-state index contributed by atoms with van der Waals surface area (Å²) in [6.07, 6.45) is 2.53. The van der Waals surface area contributed by atoms with E-state index in [1.54, 1.807) is 0 Å². The Hall–Kier alpha value is -0.540. The maximum absolute atomic E-state index is 9.16. The molecule has 0 spiro atoms. The lowest BCUT2D eigenvalue weighted by Gasteiger charge is -2.38. The molecule has 1 saturated heterocycles. The van der Waals surface area contributed by atoms with Crippen LogP contribution in [-0.2, 0) is 6.61 Å². The topological polar surface area (TPSA) is 23.5 Å². The molecule has 2 unspecified atom stereocenters. The van der Waals surface area contributed by atoms with Gasteiger partial charge in [0.1, 0.15) is 0 Å². The van der Waals surface area contributed by atoms with Crippen molar-refractivity contribution in [1.29, 1.82) is 0 Å². The van der Waals surface area contributed by atoms with Gasteiger partial charge in [0.25, 0.3) is 0 Å². The highest BCUT2D eigenvalue weighted by atomic mass is 79.9. The summed E-state index contributed by atoms with van der Waals surface area (Å²) in [5, 5.41) is 9.16. The van der Waals surface area contributed by atoms with E-state index >= 15 is 0 Å². The Balaban J connectivity index is 2.19. The maximum atomic E-state index is 9.16. The summed E-state index contributed by atoms with van der Waals surface area (Å²) < 4.78 is 1.00. The van der Waals surface area contributed by atoms with Crippen molar-refractivity contribution in [2.24, 2.45) is 5.92 Å². The van der Waals surface area contributed by atoms with E-state index in [9.17, 15) is 0 Å². The molecule has 1 heterocycles. The van der Waals surface area contributed by atoms with Gasteiger partial charge in [-0.3, -0.25) is 0 Å². The molecule has 17 heavy (non-hydrogen) atoms. The molecule has 2 nitrogen and oxygen atoms in total. The van der Waals surface area contributed by atoms with E-state index in [-0.39, 0.29) is 6.61 Å². The van der Waals surface area contributed by atoms with E-state index in [0.717, 1.165) is 22.5 Å². The Labute approximate surface area is 112 Å². The number of benzene rings is 1. The molecule has 1 fully saturated rings. The van der Waals surface area contributed by atoms with Crippen LogP contribution in [0, 0.1) is 5.92 Å². The van der Waals surface area contributed by atoms with Crippen molar-refractivity contribution in [3.05, 3.63) is 28.2 Å². The molecule has 0 aromatic heterocycles. The Morgan fingerprint density at radius 3 is 2.76 bits per heavy atom. The fourth-order valence-corrected chi connectivity index (χ4v) is 3.13. The van der Waals surface area contributed by atoms with Gasteiger partial charge in [-0.25, -0.2) is 0 Å². The minimum absolute atomic E-state index is 0.0907. The molecule has 0 saturated carbocycles. The lowest BCUT2D eigenvalue weighted by molar-refractivity contribution is 0.281. The SMILES string of the molecule is CC1CCN(c2ccc(CO)c(Br)c2)C(C)C1. The van der Waals surface area contributed by atoms with Crippen LogP contribution in [0.4, 0.5) is 5.69 Å². The minimum atomic E-state index is 0.0907. The average Bonchev–Trinajstić information content (AvgIpc) is 2.29. The lowest BCUT2D eigenvalue weighted by atomic mass is 9.93. The van der Waals surface area contributed by atoms with Crippen LogP contribution in [0.3, 0.4) is 0 Å². The zero-order chi connectivity index (χ0) is 12.4. The Bertz CT molecular complexity index is 394. The first-order valence-electron chi connectivity index (χ1n) is 6.27. The molecule has 2 atom stereocenters. The highest BCUT2D eigenvalue weighted by Crippen LogP contribution is 2.30. The zero-order valence-corrected chi connectivity index (χ0v) is 12.1. The lowest BCUT2D eigenvalue weighted by Crippen LogP contribution is -2.40. The second kappa shape index (κ2) is 5.40. The van der Waals surface area contributed by atoms with Crippen LogP contribution in [0.25, 0.3) is 0 Å². The van der Waals surface area contributed by atoms with E-state index in [1.807, 2.05) is 6.07 Å². The van der Waals surface area contributed by atoms with Crippen LogP contribution in [0.15, 0.2) is 22.7 Å². The molecular weight excluding hydrogens is 278 g/mol. The number of piperidine rings is 1. The molecule has 1 aliphatic rings. The quantitative estimate of drug-likeness (QED) is 0.902. The molecule has 0 amide bonds. The summed E-state index contributed by atoms with van der Waals surface area (Å²) in [4.78, 5) is 2.46. The predicted molar refractivity (Wildman–Crippen MR) is 75.3 cm³/mol. The minimum Gasteiger partial charge on any atom is -0.392 e. The average molecular weight is 298 g/mol. The molecule has 1 aromatic carbocycles. The van der Waals surface area contributed by atoms with Crippen molar-refractivity contribution >= 4 is 21.6 Å². The van der Waals surface area contributed by atoms with Crippen molar-refractivity contribution in [3.8, 4) is 0 Å². The van der Waals surface area contributed by atoms with Crippen molar-refractivity contribution in [2.75, 3.05) is 11.4 Å². The predicted octanol–water partition coefficient (Wildman–Crippen LogP) is 3.57. The molecule has 0 bridgehead atoms. The van der Waals surface area contributed by atoms with Gasteiger partial charge in [-0.15, -0.1) is 0 Å². The molecule has 2 rings (SSSR count). The number of aliphatic hydroxyl groups is 1. The Morgan fingerprint density at radius 1 is 1.41 bits per heavy atom. The number of halogens is 1. The molecule has 1 aliphatic heterocycles. The number of aliphatic hydroxyl groups excluding tert-OH is 1. The Morgan fingerprint density at radius 2 is 2.18 bits per heavy atom. The molecule has 3 heteroatoms. The third kappa shape index (κ3) is 2.83. The van der Waals surface area contributed by atoms with Crippen molar-refractivity contribution < 1.29 is 5.11 Å². The third-order valence-electron chi connectivity index (χ3n) is 3.68. The molecule has 1 aromatic rings. The van der Waals surface area contributed by atoms with Crippen LogP contribution >= 0.6 is 15.9 Å². The van der Waals surface area contributed by atoms with E-state index in [2.05, 4.69) is 46.8 Å². The summed E-state index contributed by atoms with van der Waals surface area (Å²) in [5.41, 5.74) is 2.21. The molecular formula is C14H20BrNO. The van der Waals surface area contributed by atoms with Crippen LogP contribution in [0.5, 0.6) is 0 Å². The van der Waals surface area contributed by atoms with Crippen LogP contribution in [0.2, 0.25) is 0 Å². The van der Waals surface area contributed by atoms with E-state index in [0.29, 0.717) is 6.04 Å². The fraction of sp³-hybridized carbons (Fsp3) is 0.571. The molecule has 94 valence electrons. The zero-order valence-electron chi connectivity index (χ0n) is 10.5. The highest BCUT2D eigenvalue weighted by Gasteiger charge is 2.23. The van der Waals surface area contributed by atoms with Gasteiger partial charge in [-0.2, -0.15) is 0 Å².